The number of nitrogens with zero attached hydrogens (tertiary/aromatic N) is 2. The van der Waals surface area contributed by atoms with Gasteiger partial charge in [-0.15, -0.1) is 0 Å². The summed E-state index contributed by atoms with van der Waals surface area (Å²) in [5.74, 6) is 0.00944. The second kappa shape index (κ2) is 7.71. The lowest BCUT2D eigenvalue weighted by atomic mass is 9.99. The van der Waals surface area contributed by atoms with Crippen LogP contribution in [0.15, 0.2) is 24.3 Å². The Bertz CT molecular complexity index is 725. The number of nitrogens with one attached hydrogen (secondary N) is 1. The van der Waals surface area contributed by atoms with Crippen LogP contribution < -0.4 is 10.2 Å². The molecule has 6 nitrogen and oxygen atoms in total. The smallest absolute Gasteiger partial charge is 0.329 e. The summed E-state index contributed by atoms with van der Waals surface area (Å²) in [4.78, 5) is 41.6. The number of imide groups is 1. The van der Waals surface area contributed by atoms with Gasteiger partial charge in [0.1, 0.15) is 6.04 Å². The number of amides is 4. The maximum Gasteiger partial charge on any atom is 0.329 e. The molecule has 2 aliphatic heterocycles. The van der Waals surface area contributed by atoms with Crippen molar-refractivity contribution in [2.24, 2.45) is 5.92 Å². The highest BCUT2D eigenvalue weighted by atomic mass is 16.2. The van der Waals surface area contributed by atoms with Crippen molar-refractivity contribution in [2.75, 3.05) is 11.4 Å². The topological polar surface area (TPSA) is 69.7 Å². The summed E-state index contributed by atoms with van der Waals surface area (Å²) >= 11 is 0. The van der Waals surface area contributed by atoms with Crippen molar-refractivity contribution < 1.29 is 14.4 Å². The standard InChI is InChI=1S/C21H29N3O3/c1-5-14(6-2)19(25)23-12-11-17-18(23)20(26)24(21(27)22-17)16-9-7-15(8-10-16)13(3)4/h7-10,13-14,17-18H,5-6,11-12H2,1-4H3,(H,22,27). The van der Waals surface area contributed by atoms with Crippen molar-refractivity contribution in [1.29, 1.82) is 0 Å². The highest BCUT2D eigenvalue weighted by Gasteiger charge is 2.50. The Morgan fingerprint density at radius 1 is 1.15 bits per heavy atom. The van der Waals surface area contributed by atoms with E-state index in [9.17, 15) is 14.4 Å². The van der Waals surface area contributed by atoms with Crippen molar-refractivity contribution in [2.45, 2.75) is 65.0 Å². The molecule has 6 heteroatoms. The first kappa shape index (κ1) is 19.4. The first-order valence-corrected chi connectivity index (χ1v) is 9.93. The van der Waals surface area contributed by atoms with Crippen LogP contribution in [-0.4, -0.2) is 41.4 Å². The van der Waals surface area contributed by atoms with Crippen molar-refractivity contribution in [1.82, 2.24) is 10.2 Å². The van der Waals surface area contributed by atoms with Gasteiger partial charge in [-0.1, -0.05) is 39.8 Å². The van der Waals surface area contributed by atoms with Gasteiger partial charge in [0.25, 0.3) is 5.91 Å². The Morgan fingerprint density at radius 3 is 2.33 bits per heavy atom. The molecule has 2 fully saturated rings. The third-order valence-electron chi connectivity index (χ3n) is 5.82. The lowest BCUT2D eigenvalue weighted by molar-refractivity contribution is -0.141. The fourth-order valence-corrected chi connectivity index (χ4v) is 4.08. The van der Waals surface area contributed by atoms with Crippen LogP contribution >= 0.6 is 0 Å². The van der Waals surface area contributed by atoms with Gasteiger partial charge in [0.2, 0.25) is 5.91 Å². The fraction of sp³-hybridized carbons (Fsp3) is 0.571. The van der Waals surface area contributed by atoms with Crippen molar-refractivity contribution in [3.05, 3.63) is 29.8 Å². The molecule has 2 atom stereocenters. The fourth-order valence-electron chi connectivity index (χ4n) is 4.08. The minimum absolute atomic E-state index is 0.0205. The second-order valence-electron chi connectivity index (χ2n) is 7.75. The Labute approximate surface area is 160 Å². The van der Waals surface area contributed by atoms with Crippen LogP contribution in [0, 0.1) is 5.92 Å². The minimum Gasteiger partial charge on any atom is -0.332 e. The summed E-state index contributed by atoms with van der Waals surface area (Å²) in [6, 6.07) is 6.16. The van der Waals surface area contributed by atoms with E-state index in [1.54, 1.807) is 17.0 Å². The highest BCUT2D eigenvalue weighted by Crippen LogP contribution is 2.30. The number of hydrogen-bond acceptors (Lipinski definition) is 3. The average molecular weight is 371 g/mol. The second-order valence-corrected chi connectivity index (χ2v) is 7.75. The SMILES string of the molecule is CCC(CC)C(=O)N1CCC2NC(=O)N(c3ccc(C(C)C)cc3)C(=O)C21. The molecule has 0 aliphatic carbocycles. The van der Waals surface area contributed by atoms with Gasteiger partial charge in [0, 0.05) is 12.5 Å². The number of fused-ring (bicyclic) bond motifs is 1. The van der Waals surface area contributed by atoms with Crippen LogP contribution in [0.3, 0.4) is 0 Å². The van der Waals surface area contributed by atoms with Crippen LogP contribution in [-0.2, 0) is 9.59 Å². The van der Waals surface area contributed by atoms with Crippen LogP contribution in [0.1, 0.15) is 58.4 Å². The van der Waals surface area contributed by atoms with Crippen molar-refractivity contribution >= 4 is 23.5 Å². The number of likely N-dealkylation sites (tertiary alicyclic amines) is 1. The predicted octanol–water partition coefficient (Wildman–Crippen LogP) is 3.27. The molecule has 3 rings (SSSR count). The minimum atomic E-state index is -0.611. The molecule has 1 aromatic carbocycles. The van der Waals surface area contributed by atoms with E-state index in [0.29, 0.717) is 24.6 Å². The number of anilines is 1. The zero-order valence-corrected chi connectivity index (χ0v) is 16.6. The molecule has 1 N–H and O–H groups in total. The van der Waals surface area contributed by atoms with Gasteiger partial charge in [-0.05, 0) is 42.9 Å². The number of carbonyl (C=O) groups is 3. The largest absolute Gasteiger partial charge is 0.332 e. The molecule has 2 unspecified atom stereocenters. The zero-order valence-electron chi connectivity index (χ0n) is 16.6. The van der Waals surface area contributed by atoms with Gasteiger partial charge >= 0.3 is 6.03 Å². The van der Waals surface area contributed by atoms with E-state index in [-0.39, 0.29) is 23.8 Å². The molecule has 0 saturated carbocycles. The Hall–Kier alpha value is -2.37. The first-order chi connectivity index (χ1) is 12.9. The molecule has 2 saturated heterocycles. The monoisotopic (exact) mass is 371 g/mol. The van der Waals surface area contributed by atoms with E-state index in [1.807, 2.05) is 26.0 Å². The highest BCUT2D eigenvalue weighted by molar-refractivity contribution is 6.19. The molecular formula is C21H29N3O3. The van der Waals surface area contributed by atoms with E-state index in [2.05, 4.69) is 19.2 Å². The van der Waals surface area contributed by atoms with E-state index >= 15 is 0 Å². The van der Waals surface area contributed by atoms with Gasteiger partial charge in [-0.2, -0.15) is 0 Å². The number of carbonyl (C=O) groups excluding carboxylic acids is 3. The number of urea groups is 1. The third kappa shape index (κ3) is 3.45. The Balaban J connectivity index is 1.87. The normalized spacial score (nSPS) is 22.4. The summed E-state index contributed by atoms with van der Waals surface area (Å²) in [7, 11) is 0. The maximum absolute atomic E-state index is 13.2. The molecule has 0 radical (unpaired) electrons. The number of benzene rings is 1. The maximum atomic E-state index is 13.2. The van der Waals surface area contributed by atoms with Gasteiger partial charge < -0.3 is 10.2 Å². The Kier molecular flexibility index (Phi) is 5.53. The van der Waals surface area contributed by atoms with E-state index in [4.69, 9.17) is 0 Å². The molecule has 0 spiro atoms. The molecule has 2 heterocycles. The van der Waals surface area contributed by atoms with Crippen LogP contribution in [0.4, 0.5) is 10.5 Å². The lowest BCUT2D eigenvalue weighted by Gasteiger charge is -2.37. The molecule has 1 aromatic rings. The van der Waals surface area contributed by atoms with Gasteiger partial charge in [-0.3, -0.25) is 9.59 Å². The van der Waals surface area contributed by atoms with Crippen molar-refractivity contribution in [3.8, 4) is 0 Å². The lowest BCUT2D eigenvalue weighted by Crippen LogP contribution is -2.65. The van der Waals surface area contributed by atoms with E-state index in [1.165, 1.54) is 4.90 Å². The van der Waals surface area contributed by atoms with Crippen LogP contribution in [0.2, 0.25) is 0 Å². The van der Waals surface area contributed by atoms with Crippen LogP contribution in [0.5, 0.6) is 0 Å². The van der Waals surface area contributed by atoms with Crippen molar-refractivity contribution in [3.63, 3.8) is 0 Å². The number of rotatable bonds is 5. The average Bonchev–Trinajstić information content (AvgIpc) is 3.07. The Morgan fingerprint density at radius 2 is 1.78 bits per heavy atom. The molecule has 27 heavy (non-hydrogen) atoms. The molecular weight excluding hydrogens is 342 g/mol. The van der Waals surface area contributed by atoms with Crippen LogP contribution in [0.25, 0.3) is 0 Å². The molecule has 0 bridgehead atoms. The van der Waals surface area contributed by atoms with Gasteiger partial charge in [-0.25, -0.2) is 9.69 Å². The van der Waals surface area contributed by atoms with Gasteiger partial charge in [0.15, 0.2) is 0 Å². The van der Waals surface area contributed by atoms with Gasteiger partial charge in [0.05, 0.1) is 11.7 Å². The summed E-state index contributed by atoms with van der Waals surface area (Å²) in [6.07, 6.45) is 2.13. The zero-order chi connectivity index (χ0) is 19.7. The summed E-state index contributed by atoms with van der Waals surface area (Å²) in [5, 5.41) is 2.93. The summed E-state index contributed by atoms with van der Waals surface area (Å²) < 4.78 is 0. The summed E-state index contributed by atoms with van der Waals surface area (Å²) in [6.45, 7) is 8.69. The predicted molar refractivity (Wildman–Crippen MR) is 105 cm³/mol. The van der Waals surface area contributed by atoms with E-state index < -0.39 is 12.1 Å². The quantitative estimate of drug-likeness (QED) is 0.864. The molecule has 0 aromatic heterocycles. The summed E-state index contributed by atoms with van der Waals surface area (Å²) in [5.41, 5.74) is 1.69. The first-order valence-electron chi connectivity index (χ1n) is 9.93. The van der Waals surface area contributed by atoms with E-state index in [0.717, 1.165) is 18.4 Å². The molecule has 2 aliphatic rings. The molecule has 4 amide bonds. The number of hydrogen-bond donors (Lipinski definition) is 1. The molecule has 146 valence electrons. The third-order valence-corrected chi connectivity index (χ3v) is 5.82.